The number of rotatable bonds is 6. The Kier molecular flexibility index (Phi) is 5.73. The molecule has 0 heterocycles. The van der Waals surface area contributed by atoms with Crippen LogP contribution in [0.15, 0.2) is 0 Å². The van der Waals surface area contributed by atoms with Gasteiger partial charge in [0, 0.05) is 18.3 Å². The van der Waals surface area contributed by atoms with Gasteiger partial charge in [-0.2, -0.15) is 5.26 Å². The molecule has 0 amide bonds. The Labute approximate surface area is 86.2 Å². The van der Waals surface area contributed by atoms with Crippen LogP contribution in [0.4, 0.5) is 0 Å². The molecule has 0 aliphatic rings. The van der Waals surface area contributed by atoms with Gasteiger partial charge in [0.2, 0.25) is 0 Å². The Balaban J connectivity index is 4.04. The summed E-state index contributed by atoms with van der Waals surface area (Å²) in [6.07, 6.45) is 2.47. The average Bonchev–Trinajstić information content (AvgIpc) is 2.00. The van der Waals surface area contributed by atoms with Crippen molar-refractivity contribution in [2.75, 3.05) is 12.0 Å². The summed E-state index contributed by atoms with van der Waals surface area (Å²) in [4.78, 5) is 0. The summed E-state index contributed by atoms with van der Waals surface area (Å²) in [5, 5.41) is 11.6. The highest BCUT2D eigenvalue weighted by molar-refractivity contribution is 7.90. The first-order chi connectivity index (χ1) is 6.39. The van der Waals surface area contributed by atoms with Gasteiger partial charge in [0.25, 0.3) is 0 Å². The number of hydrogen-bond acceptors (Lipinski definition) is 4. The molecule has 0 aliphatic carbocycles. The molecule has 82 valence electrons. The lowest BCUT2D eigenvalue weighted by molar-refractivity contribution is 0.455. The van der Waals surface area contributed by atoms with Crippen LogP contribution < -0.4 is 5.32 Å². The molecule has 0 aliphatic heterocycles. The molecule has 0 fully saturated rings. The van der Waals surface area contributed by atoms with E-state index >= 15 is 0 Å². The number of sulfone groups is 1. The molecule has 5 heteroatoms. The van der Waals surface area contributed by atoms with Crippen LogP contribution in [0.2, 0.25) is 0 Å². The summed E-state index contributed by atoms with van der Waals surface area (Å²) in [6, 6.07) is 2.08. The molecule has 0 aromatic rings. The van der Waals surface area contributed by atoms with Gasteiger partial charge in [-0.1, -0.05) is 6.92 Å². The van der Waals surface area contributed by atoms with Crippen molar-refractivity contribution in [1.29, 1.82) is 5.26 Å². The molecule has 2 atom stereocenters. The summed E-state index contributed by atoms with van der Waals surface area (Å²) in [7, 11) is -2.94. The SMILES string of the molecule is CC[C@@H](CC#N)N[C@@H](C)CS(C)(=O)=O. The fraction of sp³-hybridized carbons (Fsp3) is 0.889. The molecule has 0 rings (SSSR count). The second kappa shape index (κ2) is 5.99. The van der Waals surface area contributed by atoms with E-state index in [1.165, 1.54) is 6.26 Å². The van der Waals surface area contributed by atoms with Crippen LogP contribution in [-0.2, 0) is 9.84 Å². The van der Waals surface area contributed by atoms with Crippen molar-refractivity contribution >= 4 is 9.84 Å². The molecule has 0 saturated heterocycles. The van der Waals surface area contributed by atoms with Gasteiger partial charge < -0.3 is 5.32 Å². The molecule has 0 saturated carbocycles. The van der Waals surface area contributed by atoms with Crippen LogP contribution in [0.1, 0.15) is 26.7 Å². The van der Waals surface area contributed by atoms with Crippen LogP contribution in [0.25, 0.3) is 0 Å². The minimum Gasteiger partial charge on any atom is -0.309 e. The zero-order valence-corrected chi connectivity index (χ0v) is 9.76. The highest BCUT2D eigenvalue weighted by Gasteiger charge is 2.14. The second-order valence-corrected chi connectivity index (χ2v) is 5.81. The summed E-state index contributed by atoms with van der Waals surface area (Å²) in [6.45, 7) is 3.79. The third-order valence-corrected chi connectivity index (χ3v) is 3.01. The van der Waals surface area contributed by atoms with E-state index in [-0.39, 0.29) is 17.8 Å². The van der Waals surface area contributed by atoms with Gasteiger partial charge >= 0.3 is 0 Å². The number of nitrogens with one attached hydrogen (secondary N) is 1. The van der Waals surface area contributed by atoms with Crippen molar-refractivity contribution in [3.8, 4) is 6.07 Å². The molecular weight excluding hydrogens is 200 g/mol. The molecular formula is C9H18N2O2S. The van der Waals surface area contributed by atoms with Gasteiger partial charge in [-0.25, -0.2) is 8.42 Å². The number of nitriles is 1. The van der Waals surface area contributed by atoms with Crippen molar-refractivity contribution in [3.05, 3.63) is 0 Å². The Bertz CT molecular complexity index is 292. The first kappa shape index (κ1) is 13.4. The van der Waals surface area contributed by atoms with E-state index in [0.717, 1.165) is 6.42 Å². The van der Waals surface area contributed by atoms with Crippen molar-refractivity contribution in [1.82, 2.24) is 5.32 Å². The van der Waals surface area contributed by atoms with E-state index < -0.39 is 9.84 Å². The molecule has 1 N–H and O–H groups in total. The smallest absolute Gasteiger partial charge is 0.148 e. The Morgan fingerprint density at radius 3 is 2.43 bits per heavy atom. The molecule has 0 aromatic heterocycles. The lowest BCUT2D eigenvalue weighted by Gasteiger charge is -2.19. The third kappa shape index (κ3) is 6.87. The second-order valence-electron chi connectivity index (χ2n) is 3.63. The molecule has 0 bridgehead atoms. The van der Waals surface area contributed by atoms with E-state index in [4.69, 9.17) is 5.26 Å². The Morgan fingerprint density at radius 2 is 2.07 bits per heavy atom. The van der Waals surface area contributed by atoms with Crippen molar-refractivity contribution < 1.29 is 8.42 Å². The zero-order chi connectivity index (χ0) is 11.2. The first-order valence-electron chi connectivity index (χ1n) is 4.69. The lowest BCUT2D eigenvalue weighted by atomic mass is 10.1. The van der Waals surface area contributed by atoms with Crippen molar-refractivity contribution in [3.63, 3.8) is 0 Å². The molecule has 0 aromatic carbocycles. The molecule has 0 unspecified atom stereocenters. The monoisotopic (exact) mass is 218 g/mol. The van der Waals surface area contributed by atoms with Gasteiger partial charge in [-0.05, 0) is 13.3 Å². The maximum Gasteiger partial charge on any atom is 0.148 e. The summed E-state index contributed by atoms with van der Waals surface area (Å²) < 4.78 is 21.9. The minimum absolute atomic E-state index is 0.0942. The topological polar surface area (TPSA) is 70.0 Å². The highest BCUT2D eigenvalue weighted by atomic mass is 32.2. The van der Waals surface area contributed by atoms with Crippen LogP contribution in [0, 0.1) is 11.3 Å². The number of nitrogens with zero attached hydrogens (tertiary/aromatic N) is 1. The minimum atomic E-state index is -2.94. The summed E-state index contributed by atoms with van der Waals surface area (Å²) in [5.41, 5.74) is 0. The van der Waals surface area contributed by atoms with Gasteiger partial charge in [0.15, 0.2) is 0 Å². The third-order valence-electron chi connectivity index (χ3n) is 1.90. The average molecular weight is 218 g/mol. The highest BCUT2D eigenvalue weighted by Crippen LogP contribution is 1.99. The fourth-order valence-corrected chi connectivity index (χ4v) is 2.34. The normalized spacial score (nSPS) is 15.9. The standard InChI is InChI=1S/C9H18N2O2S/c1-4-9(5-6-10)11-8(2)7-14(3,12)13/h8-9,11H,4-5,7H2,1-3H3/t8-,9-/m0/s1. The van der Waals surface area contributed by atoms with Crippen LogP contribution in [0.5, 0.6) is 0 Å². The Hall–Kier alpha value is -0.600. The largest absolute Gasteiger partial charge is 0.309 e. The molecule has 0 spiro atoms. The Morgan fingerprint density at radius 1 is 1.50 bits per heavy atom. The maximum atomic E-state index is 11.0. The molecule has 0 radical (unpaired) electrons. The fourth-order valence-electron chi connectivity index (χ4n) is 1.34. The predicted octanol–water partition coefficient (Wildman–Crippen LogP) is 0.701. The first-order valence-corrected chi connectivity index (χ1v) is 6.75. The van der Waals surface area contributed by atoms with Gasteiger partial charge in [0.1, 0.15) is 9.84 Å². The van der Waals surface area contributed by atoms with Gasteiger partial charge in [-0.15, -0.1) is 0 Å². The number of hydrogen-bond donors (Lipinski definition) is 1. The van der Waals surface area contributed by atoms with E-state index in [9.17, 15) is 8.42 Å². The van der Waals surface area contributed by atoms with Gasteiger partial charge in [0.05, 0.1) is 18.2 Å². The van der Waals surface area contributed by atoms with Gasteiger partial charge in [-0.3, -0.25) is 0 Å². The van der Waals surface area contributed by atoms with Crippen LogP contribution in [-0.4, -0.2) is 32.5 Å². The summed E-state index contributed by atoms with van der Waals surface area (Å²) in [5.74, 6) is 0.120. The van der Waals surface area contributed by atoms with Crippen LogP contribution in [0.3, 0.4) is 0 Å². The molecule has 4 nitrogen and oxygen atoms in total. The van der Waals surface area contributed by atoms with E-state index in [0.29, 0.717) is 6.42 Å². The van der Waals surface area contributed by atoms with E-state index in [1.54, 1.807) is 0 Å². The lowest BCUT2D eigenvalue weighted by Crippen LogP contribution is -2.39. The van der Waals surface area contributed by atoms with E-state index in [2.05, 4.69) is 11.4 Å². The quantitative estimate of drug-likeness (QED) is 0.712. The summed E-state index contributed by atoms with van der Waals surface area (Å²) >= 11 is 0. The van der Waals surface area contributed by atoms with Crippen LogP contribution >= 0.6 is 0 Å². The zero-order valence-electron chi connectivity index (χ0n) is 8.95. The van der Waals surface area contributed by atoms with Crippen molar-refractivity contribution in [2.45, 2.75) is 38.8 Å². The maximum absolute atomic E-state index is 11.0. The van der Waals surface area contributed by atoms with E-state index in [1.807, 2.05) is 13.8 Å². The predicted molar refractivity (Wildman–Crippen MR) is 56.6 cm³/mol. The molecule has 14 heavy (non-hydrogen) atoms. The van der Waals surface area contributed by atoms with Crippen molar-refractivity contribution in [2.24, 2.45) is 0 Å².